The second-order valence-electron chi connectivity index (χ2n) is 11.1. The molecule has 12 heteroatoms. The Labute approximate surface area is 247 Å². The second kappa shape index (κ2) is 12.3. The van der Waals surface area contributed by atoms with Gasteiger partial charge in [-0.05, 0) is 53.3 Å². The highest BCUT2D eigenvalue weighted by atomic mass is 32.2. The van der Waals surface area contributed by atoms with E-state index in [-0.39, 0.29) is 25.3 Å². The molecule has 0 radical (unpaired) electrons. The van der Waals surface area contributed by atoms with Gasteiger partial charge in [-0.3, -0.25) is 9.69 Å². The van der Waals surface area contributed by atoms with Gasteiger partial charge in [0.15, 0.2) is 0 Å². The first-order valence-corrected chi connectivity index (χ1v) is 15.5. The number of amides is 1. The molecule has 2 atom stereocenters. The molecule has 1 amide bonds. The molecule has 2 aliphatic rings. The third-order valence-corrected chi connectivity index (χ3v) is 9.44. The summed E-state index contributed by atoms with van der Waals surface area (Å²) in [5.41, 5.74) is 2.42. The number of carbonyl (C=O) groups excluding carboxylic acids is 1. The number of piperidine rings is 1. The van der Waals surface area contributed by atoms with Crippen LogP contribution in [0.15, 0.2) is 77.7 Å². The Morgan fingerprint density at radius 1 is 0.977 bits per heavy atom. The van der Waals surface area contributed by atoms with Gasteiger partial charge in [0, 0.05) is 38.9 Å². The third kappa shape index (κ3) is 7.79. The standard InChI is InChI=1S/C31H32F5N3O3S/c32-30(33)13-15-39(16-14-30)20-21-9-11-26-23(17-21)10-12-27(26)37-29(40)19-28(22-5-2-1-3-6-22)38-43(41,42)25-8-4-7-24(18-25)31(34,35)36/h1-9,11,17-18,27-28,38H,10,12-16,19-20H2,(H,37,40)/t27-,28-/m1/s1. The van der Waals surface area contributed by atoms with Gasteiger partial charge in [-0.25, -0.2) is 21.9 Å². The summed E-state index contributed by atoms with van der Waals surface area (Å²) in [4.78, 5) is 14.7. The van der Waals surface area contributed by atoms with E-state index in [0.29, 0.717) is 37.7 Å². The quantitative estimate of drug-likeness (QED) is 0.281. The van der Waals surface area contributed by atoms with Crippen molar-refractivity contribution >= 4 is 15.9 Å². The summed E-state index contributed by atoms with van der Waals surface area (Å²) in [6.07, 6.45) is -3.92. The number of nitrogens with zero attached hydrogens (tertiary/aromatic N) is 1. The first kappa shape index (κ1) is 31.1. The van der Waals surface area contributed by atoms with E-state index in [0.717, 1.165) is 41.3 Å². The van der Waals surface area contributed by atoms with E-state index >= 15 is 0 Å². The molecule has 1 aliphatic heterocycles. The van der Waals surface area contributed by atoms with Crippen molar-refractivity contribution < 1.29 is 35.2 Å². The average molecular weight is 622 g/mol. The van der Waals surface area contributed by atoms with Crippen molar-refractivity contribution in [3.8, 4) is 0 Å². The van der Waals surface area contributed by atoms with Crippen LogP contribution in [0.2, 0.25) is 0 Å². The number of hydrogen-bond acceptors (Lipinski definition) is 4. The fourth-order valence-corrected chi connectivity index (χ4v) is 6.93. The lowest BCUT2D eigenvalue weighted by molar-refractivity contribution is -0.137. The molecule has 5 rings (SSSR count). The summed E-state index contributed by atoms with van der Waals surface area (Å²) in [5.74, 6) is -3.02. The van der Waals surface area contributed by atoms with Crippen LogP contribution in [0.25, 0.3) is 0 Å². The molecule has 1 saturated heterocycles. The van der Waals surface area contributed by atoms with Crippen LogP contribution in [0.5, 0.6) is 0 Å². The normalized spacial score (nSPS) is 19.5. The summed E-state index contributed by atoms with van der Waals surface area (Å²) in [6, 6.07) is 16.4. The minimum Gasteiger partial charge on any atom is -0.349 e. The predicted molar refractivity (Wildman–Crippen MR) is 151 cm³/mol. The highest BCUT2D eigenvalue weighted by Gasteiger charge is 2.35. The van der Waals surface area contributed by atoms with Crippen LogP contribution in [0.4, 0.5) is 22.0 Å². The zero-order valence-electron chi connectivity index (χ0n) is 23.2. The Kier molecular flexibility index (Phi) is 8.92. The maximum absolute atomic E-state index is 13.5. The molecule has 1 fully saturated rings. The van der Waals surface area contributed by atoms with Gasteiger partial charge in [-0.2, -0.15) is 13.2 Å². The van der Waals surface area contributed by atoms with Crippen LogP contribution in [0.1, 0.15) is 65.6 Å². The van der Waals surface area contributed by atoms with Crippen molar-refractivity contribution in [3.05, 3.63) is 101 Å². The molecule has 3 aromatic rings. The van der Waals surface area contributed by atoms with Gasteiger partial charge in [0.2, 0.25) is 15.9 Å². The van der Waals surface area contributed by atoms with Crippen molar-refractivity contribution in [2.75, 3.05) is 13.1 Å². The van der Waals surface area contributed by atoms with E-state index in [9.17, 15) is 35.2 Å². The number of carbonyl (C=O) groups is 1. The second-order valence-corrected chi connectivity index (χ2v) is 12.9. The van der Waals surface area contributed by atoms with Crippen LogP contribution in [-0.4, -0.2) is 38.2 Å². The summed E-state index contributed by atoms with van der Waals surface area (Å²) in [7, 11) is -4.41. The first-order valence-electron chi connectivity index (χ1n) is 14.0. The lowest BCUT2D eigenvalue weighted by atomic mass is 10.0. The van der Waals surface area contributed by atoms with Crippen LogP contribution in [0.3, 0.4) is 0 Å². The Morgan fingerprint density at radius 2 is 1.70 bits per heavy atom. The topological polar surface area (TPSA) is 78.5 Å². The van der Waals surface area contributed by atoms with Gasteiger partial charge < -0.3 is 5.32 Å². The van der Waals surface area contributed by atoms with Crippen molar-refractivity contribution in [2.45, 2.75) is 67.7 Å². The predicted octanol–water partition coefficient (Wildman–Crippen LogP) is 6.15. The minimum absolute atomic E-state index is 0.147. The van der Waals surface area contributed by atoms with Gasteiger partial charge in [-0.15, -0.1) is 0 Å². The van der Waals surface area contributed by atoms with Crippen LogP contribution in [-0.2, 0) is 34.0 Å². The molecular formula is C31H32F5N3O3S. The van der Waals surface area contributed by atoms with Gasteiger partial charge in [0.05, 0.1) is 22.5 Å². The van der Waals surface area contributed by atoms with Gasteiger partial charge >= 0.3 is 6.18 Å². The molecule has 0 unspecified atom stereocenters. The molecule has 230 valence electrons. The molecule has 1 aliphatic carbocycles. The zero-order chi connectivity index (χ0) is 30.8. The van der Waals surface area contributed by atoms with E-state index in [1.54, 1.807) is 30.3 Å². The zero-order valence-corrected chi connectivity index (χ0v) is 24.0. The number of alkyl halides is 5. The van der Waals surface area contributed by atoms with Crippen LogP contribution in [0, 0.1) is 0 Å². The number of fused-ring (bicyclic) bond motifs is 1. The molecule has 1 heterocycles. The van der Waals surface area contributed by atoms with Gasteiger partial charge in [-0.1, -0.05) is 54.6 Å². The fraction of sp³-hybridized carbons (Fsp3) is 0.387. The van der Waals surface area contributed by atoms with E-state index in [1.165, 1.54) is 0 Å². The molecular weight excluding hydrogens is 589 g/mol. The molecule has 0 bridgehead atoms. The summed E-state index contributed by atoms with van der Waals surface area (Å²) >= 11 is 0. The van der Waals surface area contributed by atoms with Crippen molar-refractivity contribution in [2.24, 2.45) is 0 Å². The Morgan fingerprint density at radius 3 is 2.40 bits per heavy atom. The SMILES string of the molecule is O=C(C[C@@H](NS(=O)(=O)c1cccc(C(F)(F)F)c1)c1ccccc1)N[C@@H]1CCc2cc(CN3CCC(F)(F)CC3)ccc21. The van der Waals surface area contributed by atoms with Crippen LogP contribution < -0.4 is 10.0 Å². The van der Waals surface area contributed by atoms with Crippen molar-refractivity contribution in [3.63, 3.8) is 0 Å². The summed E-state index contributed by atoms with van der Waals surface area (Å²) < 4.78 is 95.3. The number of nitrogens with one attached hydrogen (secondary N) is 2. The number of benzene rings is 3. The maximum atomic E-state index is 13.5. The molecule has 3 aromatic carbocycles. The number of rotatable bonds is 9. The smallest absolute Gasteiger partial charge is 0.349 e. The highest BCUT2D eigenvalue weighted by Crippen LogP contribution is 2.34. The number of likely N-dealkylation sites (tertiary alicyclic amines) is 1. The van der Waals surface area contributed by atoms with Gasteiger partial charge in [0.25, 0.3) is 5.92 Å². The molecule has 6 nitrogen and oxygen atoms in total. The Hall–Kier alpha value is -3.35. The molecule has 0 saturated carbocycles. The Balaban J connectivity index is 1.26. The number of halogens is 5. The molecule has 43 heavy (non-hydrogen) atoms. The molecule has 2 N–H and O–H groups in total. The number of aryl methyl sites for hydroxylation is 1. The largest absolute Gasteiger partial charge is 0.416 e. The van der Waals surface area contributed by atoms with E-state index < -0.39 is 44.5 Å². The van der Waals surface area contributed by atoms with E-state index in [4.69, 9.17) is 0 Å². The average Bonchev–Trinajstić information content (AvgIpc) is 3.35. The molecule has 0 aromatic heterocycles. The summed E-state index contributed by atoms with van der Waals surface area (Å²) in [5, 5.41) is 2.98. The lowest BCUT2D eigenvalue weighted by Gasteiger charge is -2.31. The third-order valence-electron chi connectivity index (χ3n) is 7.97. The lowest BCUT2D eigenvalue weighted by Crippen LogP contribution is -2.38. The fourth-order valence-electron chi connectivity index (χ4n) is 5.66. The van der Waals surface area contributed by atoms with Gasteiger partial charge in [0.1, 0.15) is 0 Å². The minimum atomic E-state index is -4.71. The van der Waals surface area contributed by atoms with Crippen molar-refractivity contribution in [1.29, 1.82) is 0 Å². The molecule has 0 spiro atoms. The van der Waals surface area contributed by atoms with E-state index in [2.05, 4.69) is 10.0 Å². The first-order chi connectivity index (χ1) is 20.3. The van der Waals surface area contributed by atoms with Crippen LogP contribution >= 0.6 is 0 Å². The summed E-state index contributed by atoms with van der Waals surface area (Å²) in [6.45, 7) is 1.25. The monoisotopic (exact) mass is 621 g/mol. The Bertz CT molecular complexity index is 1550. The van der Waals surface area contributed by atoms with E-state index in [1.807, 2.05) is 23.1 Å². The maximum Gasteiger partial charge on any atom is 0.416 e. The van der Waals surface area contributed by atoms with Crippen molar-refractivity contribution in [1.82, 2.24) is 14.9 Å². The number of hydrogen-bond donors (Lipinski definition) is 2. The number of sulfonamides is 1. The highest BCUT2D eigenvalue weighted by molar-refractivity contribution is 7.89.